The zero-order valence-electron chi connectivity index (χ0n) is 17.6. The highest BCUT2D eigenvalue weighted by atomic mass is 79.9. The summed E-state index contributed by atoms with van der Waals surface area (Å²) in [6, 6.07) is 12.7. The van der Waals surface area contributed by atoms with Gasteiger partial charge in [-0.15, -0.1) is 0 Å². The van der Waals surface area contributed by atoms with Gasteiger partial charge in [0.15, 0.2) is 17.3 Å². The van der Waals surface area contributed by atoms with Crippen LogP contribution in [-0.4, -0.2) is 43.7 Å². The smallest absolute Gasteiger partial charge is 0.191 e. The number of hydrogen-bond acceptors (Lipinski definition) is 5. The third-order valence-electron chi connectivity index (χ3n) is 7.17. The Labute approximate surface area is 191 Å². The van der Waals surface area contributed by atoms with Crippen molar-refractivity contribution in [2.75, 3.05) is 26.9 Å². The van der Waals surface area contributed by atoms with Gasteiger partial charge in [0.25, 0.3) is 0 Å². The van der Waals surface area contributed by atoms with Crippen molar-refractivity contribution >= 4 is 15.9 Å². The molecule has 5 nitrogen and oxygen atoms in total. The van der Waals surface area contributed by atoms with Gasteiger partial charge in [0, 0.05) is 36.1 Å². The number of nitrogens with zero attached hydrogens (tertiary/aromatic N) is 1. The molecule has 2 spiro atoms. The highest BCUT2D eigenvalue weighted by molar-refractivity contribution is 9.10. The Kier molecular flexibility index (Phi) is 4.69. The van der Waals surface area contributed by atoms with Gasteiger partial charge in [0.05, 0.1) is 25.7 Å². The van der Waals surface area contributed by atoms with Crippen LogP contribution in [0.1, 0.15) is 29.5 Å². The number of rotatable bonds is 3. The van der Waals surface area contributed by atoms with E-state index in [1.165, 1.54) is 16.7 Å². The molecule has 162 valence electrons. The number of halogens is 1. The molecule has 0 saturated carbocycles. The van der Waals surface area contributed by atoms with Crippen LogP contribution in [0.5, 0.6) is 11.5 Å². The van der Waals surface area contributed by atoms with E-state index in [2.05, 4.69) is 63.3 Å². The zero-order valence-corrected chi connectivity index (χ0v) is 19.2. The first-order chi connectivity index (χ1) is 15.1. The van der Waals surface area contributed by atoms with E-state index in [9.17, 15) is 0 Å². The molecule has 0 N–H and O–H groups in total. The summed E-state index contributed by atoms with van der Waals surface area (Å²) in [6.07, 6.45) is 6.08. The third-order valence-corrected chi connectivity index (χ3v) is 7.88. The van der Waals surface area contributed by atoms with Crippen molar-refractivity contribution in [3.8, 4) is 11.5 Å². The maximum Gasteiger partial charge on any atom is 0.191 e. The first kappa shape index (κ1) is 19.8. The first-order valence-electron chi connectivity index (χ1n) is 10.9. The Morgan fingerprint density at radius 3 is 2.74 bits per heavy atom. The molecular weight excluding hydrogens is 458 g/mol. The minimum absolute atomic E-state index is 0.0378. The highest BCUT2D eigenvalue weighted by Gasteiger charge is 2.57. The molecule has 3 heterocycles. The molecule has 1 fully saturated rings. The summed E-state index contributed by atoms with van der Waals surface area (Å²) in [5.41, 5.74) is 3.69. The average molecular weight is 484 g/mol. The molecule has 31 heavy (non-hydrogen) atoms. The van der Waals surface area contributed by atoms with Gasteiger partial charge in [-0.25, -0.2) is 0 Å². The normalized spacial score (nSPS) is 28.1. The first-order valence-corrected chi connectivity index (χ1v) is 11.7. The minimum atomic E-state index is -0.654. The Morgan fingerprint density at radius 2 is 1.97 bits per heavy atom. The molecule has 1 saturated heterocycles. The van der Waals surface area contributed by atoms with E-state index in [4.69, 9.17) is 18.9 Å². The molecule has 1 aliphatic carbocycles. The van der Waals surface area contributed by atoms with Crippen molar-refractivity contribution in [1.82, 2.24) is 4.90 Å². The van der Waals surface area contributed by atoms with Crippen LogP contribution in [-0.2, 0) is 28.0 Å². The van der Waals surface area contributed by atoms with Crippen molar-refractivity contribution in [2.24, 2.45) is 0 Å². The second-order valence-electron chi connectivity index (χ2n) is 8.88. The van der Waals surface area contributed by atoms with Crippen molar-refractivity contribution in [2.45, 2.75) is 43.2 Å². The lowest BCUT2D eigenvalue weighted by molar-refractivity contribution is -0.145. The lowest BCUT2D eigenvalue weighted by atomic mass is 9.68. The van der Waals surface area contributed by atoms with E-state index in [-0.39, 0.29) is 11.5 Å². The predicted molar refractivity (Wildman–Crippen MR) is 120 cm³/mol. The molecule has 3 aliphatic heterocycles. The molecule has 6 rings (SSSR count). The quantitative estimate of drug-likeness (QED) is 0.598. The van der Waals surface area contributed by atoms with Crippen LogP contribution < -0.4 is 9.47 Å². The fourth-order valence-electron chi connectivity index (χ4n) is 5.66. The highest BCUT2D eigenvalue weighted by Crippen LogP contribution is 2.58. The molecule has 2 atom stereocenters. The average Bonchev–Trinajstić information content (AvgIpc) is 3.33. The van der Waals surface area contributed by atoms with E-state index < -0.39 is 5.79 Å². The Morgan fingerprint density at radius 1 is 1.16 bits per heavy atom. The van der Waals surface area contributed by atoms with E-state index in [1.54, 1.807) is 7.11 Å². The van der Waals surface area contributed by atoms with Gasteiger partial charge in [0.1, 0.15) is 6.10 Å². The lowest BCUT2D eigenvalue weighted by Gasteiger charge is -2.40. The SMILES string of the molecule is COc1cc(Br)c2c3c1OC1CC4(C=CC31CCN(Cc1ccccc1)C2)OCCO4. The third kappa shape index (κ3) is 3.07. The van der Waals surface area contributed by atoms with Crippen LogP contribution in [0.3, 0.4) is 0 Å². The second kappa shape index (κ2) is 7.34. The molecule has 0 amide bonds. The fourth-order valence-corrected chi connectivity index (χ4v) is 6.20. The van der Waals surface area contributed by atoms with E-state index in [0.717, 1.165) is 42.0 Å². The van der Waals surface area contributed by atoms with Crippen LogP contribution >= 0.6 is 15.9 Å². The Balaban J connectivity index is 1.45. The molecule has 4 aliphatic rings. The molecule has 2 unspecified atom stereocenters. The molecule has 2 aromatic carbocycles. The van der Waals surface area contributed by atoms with Crippen molar-refractivity contribution in [1.29, 1.82) is 0 Å². The molecule has 0 bridgehead atoms. The van der Waals surface area contributed by atoms with Crippen molar-refractivity contribution in [3.05, 3.63) is 69.7 Å². The molecule has 0 aromatic heterocycles. The standard InChI is InChI=1S/C25H26BrNO4/c1-28-20-13-19(26)18-16-27(15-17-5-3-2-4-6-17)10-9-24-7-8-25(29-11-12-30-25)14-21(24)31-23(20)22(18)24/h2-8,13,21H,9-12,14-16H2,1H3. The molecule has 2 aromatic rings. The largest absolute Gasteiger partial charge is 0.493 e. The van der Waals surface area contributed by atoms with Gasteiger partial charge in [-0.05, 0) is 29.7 Å². The van der Waals surface area contributed by atoms with Crippen LogP contribution in [0.4, 0.5) is 0 Å². The van der Waals surface area contributed by atoms with Crippen LogP contribution in [0, 0.1) is 0 Å². The fraction of sp³-hybridized carbons (Fsp3) is 0.440. The Hall–Kier alpha value is -1.86. The van der Waals surface area contributed by atoms with Crippen LogP contribution in [0.2, 0.25) is 0 Å². The van der Waals surface area contributed by atoms with Crippen molar-refractivity contribution < 1.29 is 18.9 Å². The zero-order chi connectivity index (χ0) is 21.1. The van der Waals surface area contributed by atoms with Crippen LogP contribution in [0.25, 0.3) is 0 Å². The minimum Gasteiger partial charge on any atom is -0.493 e. The number of methoxy groups -OCH3 is 1. The summed E-state index contributed by atoms with van der Waals surface area (Å²) in [5, 5.41) is 0. The number of hydrogen-bond donors (Lipinski definition) is 0. The second-order valence-corrected chi connectivity index (χ2v) is 9.74. The van der Waals surface area contributed by atoms with Gasteiger partial charge >= 0.3 is 0 Å². The number of benzene rings is 2. The monoisotopic (exact) mass is 483 g/mol. The Bertz CT molecular complexity index is 1030. The van der Waals surface area contributed by atoms with Gasteiger partial charge < -0.3 is 18.9 Å². The van der Waals surface area contributed by atoms with Gasteiger partial charge in [-0.1, -0.05) is 52.3 Å². The maximum atomic E-state index is 6.62. The van der Waals surface area contributed by atoms with Gasteiger partial charge in [-0.2, -0.15) is 0 Å². The van der Waals surface area contributed by atoms with Gasteiger partial charge in [0.2, 0.25) is 0 Å². The summed E-state index contributed by atoms with van der Waals surface area (Å²) < 4.78 is 25.4. The van der Waals surface area contributed by atoms with E-state index >= 15 is 0 Å². The maximum absolute atomic E-state index is 6.62. The molecular formula is C25H26BrNO4. The van der Waals surface area contributed by atoms with E-state index in [0.29, 0.717) is 19.6 Å². The summed E-state index contributed by atoms with van der Waals surface area (Å²) in [4.78, 5) is 2.53. The summed E-state index contributed by atoms with van der Waals surface area (Å²) >= 11 is 3.85. The summed E-state index contributed by atoms with van der Waals surface area (Å²) in [7, 11) is 1.71. The molecule has 0 radical (unpaired) electrons. The van der Waals surface area contributed by atoms with Gasteiger partial charge in [-0.3, -0.25) is 4.90 Å². The summed E-state index contributed by atoms with van der Waals surface area (Å²) in [6.45, 7) is 4.03. The topological polar surface area (TPSA) is 40.2 Å². The van der Waals surface area contributed by atoms with Crippen LogP contribution in [0.15, 0.2) is 53.0 Å². The number of ether oxygens (including phenoxy) is 4. The lowest BCUT2D eigenvalue weighted by Crippen LogP contribution is -2.48. The predicted octanol–water partition coefficient (Wildman–Crippen LogP) is 4.57. The van der Waals surface area contributed by atoms with Crippen molar-refractivity contribution in [3.63, 3.8) is 0 Å². The van der Waals surface area contributed by atoms with E-state index in [1.807, 2.05) is 6.07 Å². The molecule has 6 heteroatoms. The summed E-state index contributed by atoms with van der Waals surface area (Å²) in [5.74, 6) is 1.01.